The summed E-state index contributed by atoms with van der Waals surface area (Å²) in [6.45, 7) is 0. The average Bonchev–Trinajstić information content (AvgIpc) is 3.23. The van der Waals surface area contributed by atoms with Crippen molar-refractivity contribution in [3.8, 4) is 16.9 Å². The lowest BCUT2D eigenvalue weighted by atomic mass is 9.88. The van der Waals surface area contributed by atoms with Crippen LogP contribution in [0, 0.1) is 0 Å². The molecule has 0 bridgehead atoms. The summed E-state index contributed by atoms with van der Waals surface area (Å²) in [5, 5.41) is 16.8. The molecule has 4 aromatic carbocycles. The summed E-state index contributed by atoms with van der Waals surface area (Å²) in [6.07, 6.45) is 4.18. The van der Waals surface area contributed by atoms with Crippen LogP contribution < -0.4 is 22.5 Å². The lowest BCUT2D eigenvalue weighted by molar-refractivity contribution is 0.102. The summed E-state index contributed by atoms with van der Waals surface area (Å²) in [4.78, 5) is 13.5. The average molecular weight is 477 g/mol. The fourth-order valence-corrected chi connectivity index (χ4v) is 5.68. The molecule has 8 N–H and O–H groups in total. The Hall–Kier alpha value is -3.97. The number of benzene rings is 4. The van der Waals surface area contributed by atoms with Crippen LogP contribution in [0.25, 0.3) is 33.0 Å². The first kappa shape index (κ1) is 22.5. The molecule has 36 heavy (non-hydrogen) atoms. The quantitative estimate of drug-likeness (QED) is 0.257. The molecule has 0 saturated heterocycles. The molecule has 4 aromatic rings. The summed E-state index contributed by atoms with van der Waals surface area (Å²) in [6, 6.07) is 22.5. The van der Waals surface area contributed by atoms with Gasteiger partial charge in [-0.3, -0.25) is 22.0 Å². The smallest absolute Gasteiger partial charge is 0.255 e. The SMILES string of the molecule is NC(N)(N)c1cccc(C(=O)Nc2c(-c3ccccc3)c(O)c3c4c(cccc24)C2=C3CCCC2)c1. The number of hydrogen-bond donors (Lipinski definition) is 5. The number of nitrogens with one attached hydrogen (secondary N) is 1. The van der Waals surface area contributed by atoms with Crippen LogP contribution >= 0.6 is 0 Å². The fraction of sp³-hybridized carbons (Fsp3) is 0.167. The van der Waals surface area contributed by atoms with Crippen LogP contribution in [-0.2, 0) is 5.79 Å². The van der Waals surface area contributed by atoms with Crippen LogP contribution in [0.15, 0.2) is 72.8 Å². The van der Waals surface area contributed by atoms with Crippen LogP contribution in [0.2, 0.25) is 0 Å². The van der Waals surface area contributed by atoms with Gasteiger partial charge in [0.1, 0.15) is 11.5 Å². The first-order valence-electron chi connectivity index (χ1n) is 12.2. The van der Waals surface area contributed by atoms with Gasteiger partial charge >= 0.3 is 0 Å². The second-order valence-electron chi connectivity index (χ2n) is 9.70. The van der Waals surface area contributed by atoms with E-state index in [9.17, 15) is 9.90 Å². The van der Waals surface area contributed by atoms with E-state index in [0.29, 0.717) is 22.4 Å². The van der Waals surface area contributed by atoms with Gasteiger partial charge in [0.15, 0.2) is 0 Å². The molecule has 0 fully saturated rings. The van der Waals surface area contributed by atoms with Gasteiger partial charge < -0.3 is 10.4 Å². The Bertz CT molecular complexity index is 1570. The Morgan fingerprint density at radius 2 is 1.56 bits per heavy atom. The first-order valence-corrected chi connectivity index (χ1v) is 12.2. The van der Waals surface area contributed by atoms with Crippen LogP contribution in [0.3, 0.4) is 0 Å². The van der Waals surface area contributed by atoms with Crippen molar-refractivity contribution in [2.75, 3.05) is 5.32 Å². The minimum Gasteiger partial charge on any atom is -0.507 e. The van der Waals surface area contributed by atoms with Crippen LogP contribution in [-0.4, -0.2) is 11.0 Å². The topological polar surface area (TPSA) is 127 Å². The molecule has 0 spiro atoms. The number of carbonyl (C=O) groups is 1. The predicted octanol–water partition coefficient (Wildman–Crippen LogP) is 5.25. The molecule has 1 amide bonds. The molecule has 180 valence electrons. The summed E-state index contributed by atoms with van der Waals surface area (Å²) in [5.41, 5.74) is 25.0. The molecular weight excluding hydrogens is 448 g/mol. The molecular formula is C30H28N4O2. The minimum atomic E-state index is -1.56. The number of anilines is 1. The van der Waals surface area contributed by atoms with Gasteiger partial charge in [0, 0.05) is 33.0 Å². The number of amides is 1. The Balaban J connectivity index is 1.58. The molecule has 6 heteroatoms. The van der Waals surface area contributed by atoms with Gasteiger partial charge in [-0.1, -0.05) is 60.7 Å². The fourth-order valence-electron chi connectivity index (χ4n) is 5.68. The second kappa shape index (κ2) is 8.31. The van der Waals surface area contributed by atoms with Gasteiger partial charge in [-0.25, -0.2) is 0 Å². The number of allylic oxidation sites excluding steroid dienone is 2. The number of rotatable bonds is 4. The van der Waals surface area contributed by atoms with E-state index < -0.39 is 5.79 Å². The zero-order valence-electron chi connectivity index (χ0n) is 19.8. The highest BCUT2D eigenvalue weighted by Crippen LogP contribution is 2.56. The van der Waals surface area contributed by atoms with Crippen molar-refractivity contribution in [3.05, 3.63) is 95.1 Å². The lowest BCUT2D eigenvalue weighted by Crippen LogP contribution is -2.54. The van der Waals surface area contributed by atoms with Gasteiger partial charge in [-0.05, 0) is 60.1 Å². The third kappa shape index (κ3) is 3.50. The molecule has 0 atom stereocenters. The maximum absolute atomic E-state index is 13.5. The summed E-state index contributed by atoms with van der Waals surface area (Å²) in [5.74, 6) is -1.69. The van der Waals surface area contributed by atoms with E-state index in [1.165, 1.54) is 11.1 Å². The van der Waals surface area contributed by atoms with E-state index in [-0.39, 0.29) is 11.7 Å². The molecule has 2 aliphatic rings. The van der Waals surface area contributed by atoms with E-state index in [1.54, 1.807) is 24.3 Å². The van der Waals surface area contributed by atoms with E-state index in [2.05, 4.69) is 11.4 Å². The van der Waals surface area contributed by atoms with Gasteiger partial charge in [-0.2, -0.15) is 0 Å². The van der Waals surface area contributed by atoms with Gasteiger partial charge in [-0.15, -0.1) is 0 Å². The van der Waals surface area contributed by atoms with Crippen molar-refractivity contribution >= 4 is 33.5 Å². The standard InChI is InChI=1S/C30H28N4O2/c31-30(32,33)19-11-6-10-18(16-19)29(36)34-27-23-15-7-14-21-20-12-4-5-13-22(20)26(25(21)23)28(35)24(27)17-8-2-1-3-9-17/h1-3,6-11,14-16,35H,4-5,12-13,31-33H2,(H,34,36). The third-order valence-corrected chi connectivity index (χ3v) is 7.33. The monoisotopic (exact) mass is 476 g/mol. The van der Waals surface area contributed by atoms with Crippen LogP contribution in [0.5, 0.6) is 5.75 Å². The van der Waals surface area contributed by atoms with E-state index in [1.807, 2.05) is 42.5 Å². The maximum atomic E-state index is 13.5. The highest BCUT2D eigenvalue weighted by molar-refractivity contribution is 6.23. The Kier molecular flexibility index (Phi) is 5.19. The molecule has 0 aliphatic heterocycles. The van der Waals surface area contributed by atoms with Gasteiger partial charge in [0.2, 0.25) is 0 Å². The number of fused-ring (bicyclic) bond motifs is 2. The molecule has 6 nitrogen and oxygen atoms in total. The minimum absolute atomic E-state index is 0.210. The zero-order chi connectivity index (χ0) is 25.0. The number of phenols is 1. The Morgan fingerprint density at radius 3 is 2.31 bits per heavy atom. The molecule has 6 rings (SSSR count). The molecule has 0 aromatic heterocycles. The highest BCUT2D eigenvalue weighted by Gasteiger charge is 2.32. The van der Waals surface area contributed by atoms with E-state index in [4.69, 9.17) is 17.2 Å². The molecule has 2 aliphatic carbocycles. The van der Waals surface area contributed by atoms with Crippen molar-refractivity contribution in [1.29, 1.82) is 0 Å². The normalized spacial score (nSPS) is 14.8. The number of aromatic hydroxyl groups is 1. The summed E-state index contributed by atoms with van der Waals surface area (Å²) in [7, 11) is 0. The largest absolute Gasteiger partial charge is 0.507 e. The number of nitrogens with two attached hydrogens (primary N) is 3. The third-order valence-electron chi connectivity index (χ3n) is 7.33. The Labute approximate surface area is 209 Å². The zero-order valence-corrected chi connectivity index (χ0v) is 19.8. The maximum Gasteiger partial charge on any atom is 0.255 e. The van der Waals surface area contributed by atoms with Crippen molar-refractivity contribution in [1.82, 2.24) is 0 Å². The number of carbonyl (C=O) groups excluding carboxylic acids is 1. The Morgan fingerprint density at radius 1 is 0.833 bits per heavy atom. The molecule has 0 unspecified atom stereocenters. The van der Waals surface area contributed by atoms with Crippen molar-refractivity contribution in [2.24, 2.45) is 17.2 Å². The van der Waals surface area contributed by atoms with Crippen LogP contribution in [0.1, 0.15) is 52.7 Å². The van der Waals surface area contributed by atoms with Crippen molar-refractivity contribution < 1.29 is 9.90 Å². The number of hydrogen-bond acceptors (Lipinski definition) is 5. The summed E-state index contributed by atoms with van der Waals surface area (Å²) < 4.78 is 0. The van der Waals surface area contributed by atoms with E-state index >= 15 is 0 Å². The summed E-state index contributed by atoms with van der Waals surface area (Å²) >= 11 is 0. The van der Waals surface area contributed by atoms with Crippen molar-refractivity contribution in [3.63, 3.8) is 0 Å². The molecule has 0 heterocycles. The van der Waals surface area contributed by atoms with Crippen molar-refractivity contribution in [2.45, 2.75) is 31.5 Å². The highest BCUT2D eigenvalue weighted by atomic mass is 16.3. The van der Waals surface area contributed by atoms with Crippen LogP contribution in [0.4, 0.5) is 5.69 Å². The molecule has 0 radical (unpaired) electrons. The predicted molar refractivity (Wildman–Crippen MR) is 145 cm³/mol. The molecule has 0 saturated carbocycles. The second-order valence-corrected chi connectivity index (χ2v) is 9.70. The number of phenolic OH excluding ortho intramolecular Hbond substituents is 1. The van der Waals surface area contributed by atoms with Gasteiger partial charge in [0.05, 0.1) is 5.69 Å². The van der Waals surface area contributed by atoms with E-state index in [0.717, 1.165) is 53.1 Å². The lowest BCUT2D eigenvalue weighted by Gasteiger charge is -2.21. The van der Waals surface area contributed by atoms with Gasteiger partial charge in [0.25, 0.3) is 5.91 Å². The first-order chi connectivity index (χ1) is 17.3.